The predicted molar refractivity (Wildman–Crippen MR) is 91.7 cm³/mol. The highest BCUT2D eigenvalue weighted by molar-refractivity contribution is 5.81. The van der Waals surface area contributed by atoms with Crippen molar-refractivity contribution in [2.45, 2.75) is 6.92 Å². The normalized spacial score (nSPS) is 9.68. The van der Waals surface area contributed by atoms with Crippen LogP contribution in [0.2, 0.25) is 0 Å². The van der Waals surface area contributed by atoms with Crippen LogP contribution < -0.4 is 5.32 Å². The van der Waals surface area contributed by atoms with Gasteiger partial charge in [-0.2, -0.15) is 15.8 Å². The van der Waals surface area contributed by atoms with E-state index in [-0.39, 0.29) is 11.3 Å². The van der Waals surface area contributed by atoms with E-state index in [1.165, 1.54) is 0 Å². The lowest BCUT2D eigenvalue weighted by molar-refractivity contribution is 0.619. The number of aromatic nitrogens is 1. The van der Waals surface area contributed by atoms with Crippen LogP contribution in [0.3, 0.4) is 0 Å². The molecule has 118 valence electrons. The van der Waals surface area contributed by atoms with Gasteiger partial charge in [-0.25, -0.2) is 4.98 Å². The van der Waals surface area contributed by atoms with Crippen LogP contribution in [0.15, 0.2) is 58.2 Å². The summed E-state index contributed by atoms with van der Waals surface area (Å²) >= 11 is 0. The number of hydrogen-bond donors (Lipinski definition) is 1. The molecule has 0 amide bonds. The van der Waals surface area contributed by atoms with E-state index in [4.69, 9.17) is 20.2 Å². The minimum Gasteiger partial charge on any atom is -0.436 e. The maximum Gasteiger partial charge on any atom is 0.227 e. The van der Waals surface area contributed by atoms with Gasteiger partial charge in [0, 0.05) is 17.3 Å². The fourth-order valence-corrected chi connectivity index (χ4v) is 2.36. The van der Waals surface area contributed by atoms with Crippen molar-refractivity contribution in [1.82, 2.24) is 4.98 Å². The van der Waals surface area contributed by atoms with Crippen molar-refractivity contribution in [2.75, 3.05) is 5.32 Å². The molecule has 1 heterocycles. The molecular formula is C19H11N5O. The van der Waals surface area contributed by atoms with Crippen LogP contribution in [0.25, 0.3) is 22.6 Å². The number of nitrogens with zero attached hydrogens (tertiary/aromatic N) is 4. The first-order valence-corrected chi connectivity index (χ1v) is 7.34. The van der Waals surface area contributed by atoms with Gasteiger partial charge in [0.25, 0.3) is 0 Å². The fourth-order valence-electron chi connectivity index (χ4n) is 2.36. The smallest absolute Gasteiger partial charge is 0.227 e. The van der Waals surface area contributed by atoms with E-state index in [0.29, 0.717) is 22.7 Å². The summed E-state index contributed by atoms with van der Waals surface area (Å²) < 4.78 is 5.82. The summed E-state index contributed by atoms with van der Waals surface area (Å²) in [5.41, 5.74) is 3.31. The first-order valence-electron chi connectivity index (χ1n) is 7.34. The Bertz CT molecular complexity index is 1100. The van der Waals surface area contributed by atoms with Crippen LogP contribution in [0.4, 0.5) is 5.69 Å². The van der Waals surface area contributed by atoms with E-state index in [1.807, 2.05) is 37.3 Å². The highest BCUT2D eigenvalue weighted by Gasteiger charge is 2.12. The molecule has 0 bridgehead atoms. The van der Waals surface area contributed by atoms with Gasteiger partial charge < -0.3 is 9.73 Å². The Hall–Kier alpha value is -4.08. The van der Waals surface area contributed by atoms with Crippen molar-refractivity contribution >= 4 is 16.8 Å². The third-order valence-electron chi connectivity index (χ3n) is 3.62. The molecule has 2 aromatic carbocycles. The second kappa shape index (κ2) is 6.58. The zero-order chi connectivity index (χ0) is 17.8. The lowest BCUT2D eigenvalue weighted by Crippen LogP contribution is -2.00. The topological polar surface area (TPSA) is 109 Å². The van der Waals surface area contributed by atoms with E-state index < -0.39 is 0 Å². The van der Waals surface area contributed by atoms with Crippen molar-refractivity contribution < 1.29 is 4.42 Å². The van der Waals surface area contributed by atoms with Crippen LogP contribution in [0, 0.1) is 40.9 Å². The number of aryl methyl sites for hydroxylation is 1. The molecule has 6 nitrogen and oxygen atoms in total. The number of anilines is 1. The van der Waals surface area contributed by atoms with Gasteiger partial charge in [-0.05, 0) is 30.7 Å². The number of hydrogen-bond acceptors (Lipinski definition) is 6. The molecule has 0 spiro atoms. The molecule has 6 heteroatoms. The minimum atomic E-state index is -0.277. The van der Waals surface area contributed by atoms with Crippen LogP contribution in [0.5, 0.6) is 0 Å². The summed E-state index contributed by atoms with van der Waals surface area (Å²) in [6.45, 7) is 1.98. The minimum absolute atomic E-state index is 0.108. The largest absolute Gasteiger partial charge is 0.436 e. The quantitative estimate of drug-likeness (QED) is 0.728. The molecule has 0 atom stereocenters. The number of rotatable bonds is 3. The molecule has 0 aliphatic carbocycles. The van der Waals surface area contributed by atoms with Gasteiger partial charge in [0.05, 0.1) is 0 Å². The summed E-state index contributed by atoms with van der Waals surface area (Å²) in [6.07, 6.45) is 0. The van der Waals surface area contributed by atoms with Crippen LogP contribution >= 0.6 is 0 Å². The first-order chi connectivity index (χ1) is 12.2. The molecule has 25 heavy (non-hydrogen) atoms. The molecule has 0 saturated heterocycles. The molecule has 1 aromatic heterocycles. The zero-order valence-corrected chi connectivity index (χ0v) is 13.2. The van der Waals surface area contributed by atoms with Crippen LogP contribution in [0.1, 0.15) is 5.56 Å². The molecule has 1 N–H and O–H groups in total. The summed E-state index contributed by atoms with van der Waals surface area (Å²) in [6, 6.07) is 18.1. The predicted octanol–water partition coefficient (Wildman–Crippen LogP) is 4.04. The molecule has 0 aliphatic rings. The second-order valence-electron chi connectivity index (χ2n) is 5.23. The Morgan fingerprint density at radius 1 is 1.04 bits per heavy atom. The maximum absolute atomic E-state index is 9.11. The van der Waals surface area contributed by atoms with E-state index in [2.05, 4.69) is 10.3 Å². The lowest BCUT2D eigenvalue weighted by Gasteiger charge is -2.03. The summed E-state index contributed by atoms with van der Waals surface area (Å²) in [5.74, 6) is 0.510. The van der Waals surface area contributed by atoms with Gasteiger partial charge in [0.1, 0.15) is 29.4 Å². The highest BCUT2D eigenvalue weighted by atomic mass is 16.3. The van der Waals surface area contributed by atoms with Gasteiger partial charge in [-0.3, -0.25) is 0 Å². The Morgan fingerprint density at radius 2 is 1.80 bits per heavy atom. The number of allylic oxidation sites excluding steroid dienone is 2. The van der Waals surface area contributed by atoms with Crippen molar-refractivity contribution in [2.24, 2.45) is 0 Å². The van der Waals surface area contributed by atoms with Gasteiger partial charge >= 0.3 is 0 Å². The third kappa shape index (κ3) is 3.03. The number of nitrogens with one attached hydrogen (secondary N) is 1. The van der Waals surface area contributed by atoms with E-state index >= 15 is 0 Å². The molecular weight excluding hydrogens is 314 g/mol. The Labute approximate surface area is 143 Å². The number of fused-ring (bicyclic) bond motifs is 1. The third-order valence-corrected chi connectivity index (χ3v) is 3.62. The maximum atomic E-state index is 9.11. The first kappa shape index (κ1) is 15.8. The zero-order valence-electron chi connectivity index (χ0n) is 13.2. The average Bonchev–Trinajstić information content (AvgIpc) is 3.05. The van der Waals surface area contributed by atoms with Crippen molar-refractivity contribution in [1.29, 1.82) is 15.8 Å². The molecule has 0 unspecified atom stereocenters. The monoisotopic (exact) mass is 325 g/mol. The van der Waals surface area contributed by atoms with E-state index in [0.717, 1.165) is 11.1 Å². The number of nitriles is 3. The van der Waals surface area contributed by atoms with Gasteiger partial charge in [-0.1, -0.05) is 18.2 Å². The molecule has 0 radical (unpaired) electrons. The van der Waals surface area contributed by atoms with Gasteiger partial charge in [0.2, 0.25) is 5.89 Å². The van der Waals surface area contributed by atoms with Crippen LogP contribution in [-0.2, 0) is 0 Å². The van der Waals surface area contributed by atoms with Crippen LogP contribution in [-0.4, -0.2) is 4.98 Å². The molecule has 0 saturated carbocycles. The standard InChI is InChI=1S/C19H11N5O/c1-12-4-2-3-5-15(12)19-24-16-7-6-14(8-18(16)25-19)23-17(11-22)13(9-20)10-21/h2-8,23H,1H3. The number of benzene rings is 2. The van der Waals surface area contributed by atoms with E-state index in [1.54, 1.807) is 30.3 Å². The Balaban J connectivity index is 2.01. The van der Waals surface area contributed by atoms with Gasteiger partial charge in [0.15, 0.2) is 11.2 Å². The van der Waals surface area contributed by atoms with Crippen molar-refractivity contribution in [3.8, 4) is 29.7 Å². The highest BCUT2D eigenvalue weighted by Crippen LogP contribution is 2.28. The average molecular weight is 325 g/mol. The summed E-state index contributed by atoms with van der Waals surface area (Å²) in [4.78, 5) is 4.48. The van der Waals surface area contributed by atoms with E-state index in [9.17, 15) is 0 Å². The Kier molecular flexibility index (Phi) is 4.16. The fraction of sp³-hybridized carbons (Fsp3) is 0.0526. The SMILES string of the molecule is Cc1ccccc1-c1nc2ccc(NC(C#N)=C(C#N)C#N)cc2o1. The molecule has 0 aliphatic heterocycles. The molecule has 3 aromatic rings. The lowest BCUT2D eigenvalue weighted by atomic mass is 10.1. The molecule has 0 fully saturated rings. The van der Waals surface area contributed by atoms with Crippen molar-refractivity contribution in [3.05, 3.63) is 59.3 Å². The van der Waals surface area contributed by atoms with Crippen molar-refractivity contribution in [3.63, 3.8) is 0 Å². The second-order valence-corrected chi connectivity index (χ2v) is 5.23. The Morgan fingerprint density at radius 3 is 2.48 bits per heavy atom. The summed E-state index contributed by atoms with van der Waals surface area (Å²) in [5, 5.41) is 29.6. The summed E-state index contributed by atoms with van der Waals surface area (Å²) in [7, 11) is 0. The number of oxazole rings is 1. The van der Waals surface area contributed by atoms with Gasteiger partial charge in [-0.15, -0.1) is 0 Å². The molecule has 3 rings (SSSR count).